The number of carbonyl (C=O) groups is 2. The molecule has 1 aromatic carbocycles. The van der Waals surface area contributed by atoms with E-state index in [2.05, 4.69) is 10.6 Å². The smallest absolute Gasteiger partial charge is 0.235 e. The summed E-state index contributed by atoms with van der Waals surface area (Å²) >= 11 is 0. The number of piperidine rings is 1. The van der Waals surface area contributed by atoms with Gasteiger partial charge >= 0.3 is 0 Å². The zero-order chi connectivity index (χ0) is 14.5. The highest BCUT2D eigenvalue weighted by atomic mass is 19.1. The van der Waals surface area contributed by atoms with Crippen LogP contribution in [0.15, 0.2) is 24.3 Å². The molecule has 0 aromatic heterocycles. The lowest BCUT2D eigenvalue weighted by Crippen LogP contribution is -2.52. The van der Waals surface area contributed by atoms with Gasteiger partial charge in [0.15, 0.2) is 0 Å². The van der Waals surface area contributed by atoms with E-state index in [0.29, 0.717) is 24.9 Å². The fourth-order valence-electron chi connectivity index (χ4n) is 2.22. The zero-order valence-electron chi connectivity index (χ0n) is 10.9. The third-order valence-corrected chi connectivity index (χ3v) is 3.34. The van der Waals surface area contributed by atoms with Crippen molar-refractivity contribution in [1.29, 1.82) is 0 Å². The Labute approximate surface area is 116 Å². The maximum absolute atomic E-state index is 13.4. The average Bonchev–Trinajstić information content (AvgIpc) is 2.41. The summed E-state index contributed by atoms with van der Waals surface area (Å²) in [6.45, 7) is 0.593. The van der Waals surface area contributed by atoms with E-state index in [1.807, 2.05) is 0 Å². The number of carbonyl (C=O) groups excluding carboxylic acids is 2. The molecular formula is C14H17FN2O3. The summed E-state index contributed by atoms with van der Waals surface area (Å²) in [6, 6.07) is 6.32. The number of halogens is 1. The third kappa shape index (κ3) is 3.33. The minimum atomic E-state index is -1.08. The van der Waals surface area contributed by atoms with Crippen LogP contribution in [0, 0.1) is 11.7 Å². The van der Waals surface area contributed by atoms with Crippen LogP contribution in [0.1, 0.15) is 12.0 Å². The Bertz CT molecular complexity index is 507. The first-order valence-electron chi connectivity index (χ1n) is 6.56. The molecule has 1 aliphatic heterocycles. The first-order chi connectivity index (χ1) is 9.59. The SMILES string of the molecule is O=C(NCCc1ccccc1F)C1C(=O)NCCC1O. The average molecular weight is 280 g/mol. The van der Waals surface area contributed by atoms with Crippen LogP contribution >= 0.6 is 0 Å². The van der Waals surface area contributed by atoms with E-state index in [1.165, 1.54) is 6.07 Å². The highest BCUT2D eigenvalue weighted by molar-refractivity contribution is 6.01. The van der Waals surface area contributed by atoms with E-state index >= 15 is 0 Å². The molecule has 1 aromatic rings. The van der Waals surface area contributed by atoms with Gasteiger partial charge in [-0.25, -0.2) is 4.39 Å². The Balaban J connectivity index is 1.86. The Kier molecular flexibility index (Phi) is 4.68. The van der Waals surface area contributed by atoms with E-state index in [0.717, 1.165) is 0 Å². The van der Waals surface area contributed by atoms with Crippen LogP contribution in [0.3, 0.4) is 0 Å². The van der Waals surface area contributed by atoms with Gasteiger partial charge in [0.2, 0.25) is 11.8 Å². The molecule has 0 radical (unpaired) electrons. The molecular weight excluding hydrogens is 263 g/mol. The van der Waals surface area contributed by atoms with Crippen molar-refractivity contribution in [3.63, 3.8) is 0 Å². The van der Waals surface area contributed by atoms with Gasteiger partial charge in [0.1, 0.15) is 11.7 Å². The van der Waals surface area contributed by atoms with Crippen LogP contribution in [0.2, 0.25) is 0 Å². The van der Waals surface area contributed by atoms with Crippen molar-refractivity contribution in [3.05, 3.63) is 35.6 Å². The van der Waals surface area contributed by atoms with Crippen molar-refractivity contribution < 1.29 is 19.1 Å². The summed E-state index contributed by atoms with van der Waals surface area (Å²) in [7, 11) is 0. The van der Waals surface area contributed by atoms with Crippen LogP contribution in [-0.4, -0.2) is 36.1 Å². The molecule has 5 nitrogen and oxygen atoms in total. The highest BCUT2D eigenvalue weighted by Gasteiger charge is 2.36. The Morgan fingerprint density at radius 2 is 2.20 bits per heavy atom. The van der Waals surface area contributed by atoms with Crippen LogP contribution in [-0.2, 0) is 16.0 Å². The number of aliphatic hydroxyl groups is 1. The van der Waals surface area contributed by atoms with Crippen molar-refractivity contribution in [3.8, 4) is 0 Å². The summed E-state index contributed by atoms with van der Waals surface area (Å²) < 4.78 is 13.4. The second kappa shape index (κ2) is 6.47. The second-order valence-corrected chi connectivity index (χ2v) is 4.76. The second-order valence-electron chi connectivity index (χ2n) is 4.76. The van der Waals surface area contributed by atoms with Crippen molar-refractivity contribution in [2.24, 2.45) is 5.92 Å². The molecule has 3 N–H and O–H groups in total. The van der Waals surface area contributed by atoms with E-state index in [-0.39, 0.29) is 12.4 Å². The topological polar surface area (TPSA) is 78.4 Å². The molecule has 2 amide bonds. The first kappa shape index (κ1) is 14.5. The summed E-state index contributed by atoms with van der Waals surface area (Å²) in [5.41, 5.74) is 0.501. The predicted octanol–water partition coefficient (Wildman–Crippen LogP) is -0.0186. The molecule has 0 spiro atoms. The van der Waals surface area contributed by atoms with Gasteiger partial charge < -0.3 is 15.7 Å². The largest absolute Gasteiger partial charge is 0.392 e. The molecule has 1 heterocycles. The molecule has 0 saturated carbocycles. The van der Waals surface area contributed by atoms with Crippen molar-refractivity contribution in [2.75, 3.05) is 13.1 Å². The monoisotopic (exact) mass is 280 g/mol. The van der Waals surface area contributed by atoms with Crippen LogP contribution < -0.4 is 10.6 Å². The molecule has 1 aliphatic rings. The molecule has 0 bridgehead atoms. The van der Waals surface area contributed by atoms with E-state index in [4.69, 9.17) is 0 Å². The molecule has 0 aliphatic carbocycles. The van der Waals surface area contributed by atoms with Gasteiger partial charge in [-0.3, -0.25) is 9.59 Å². The maximum atomic E-state index is 13.4. The van der Waals surface area contributed by atoms with Gasteiger partial charge in [0, 0.05) is 13.1 Å². The molecule has 2 atom stereocenters. The molecule has 1 fully saturated rings. The number of hydrogen-bond donors (Lipinski definition) is 3. The summed E-state index contributed by atoms with van der Waals surface area (Å²) in [5.74, 6) is -2.39. The minimum Gasteiger partial charge on any atom is -0.392 e. The molecule has 2 unspecified atom stereocenters. The van der Waals surface area contributed by atoms with Crippen LogP contribution in [0.5, 0.6) is 0 Å². The third-order valence-electron chi connectivity index (χ3n) is 3.34. The summed E-state index contributed by atoms with van der Waals surface area (Å²) in [6.07, 6.45) is -0.266. The van der Waals surface area contributed by atoms with Gasteiger partial charge in [0.05, 0.1) is 6.10 Å². The number of nitrogens with one attached hydrogen (secondary N) is 2. The molecule has 1 saturated heterocycles. The van der Waals surface area contributed by atoms with Gasteiger partial charge in [-0.1, -0.05) is 18.2 Å². The lowest BCUT2D eigenvalue weighted by Gasteiger charge is -2.26. The summed E-state index contributed by atoms with van der Waals surface area (Å²) in [5, 5.41) is 14.8. The predicted molar refractivity (Wildman–Crippen MR) is 70.2 cm³/mol. The summed E-state index contributed by atoms with van der Waals surface area (Å²) in [4.78, 5) is 23.4. The number of rotatable bonds is 4. The van der Waals surface area contributed by atoms with Crippen LogP contribution in [0.25, 0.3) is 0 Å². The fourth-order valence-corrected chi connectivity index (χ4v) is 2.22. The minimum absolute atomic E-state index is 0.219. The highest BCUT2D eigenvalue weighted by Crippen LogP contribution is 2.13. The fraction of sp³-hybridized carbons (Fsp3) is 0.429. The Hall–Kier alpha value is -1.95. The van der Waals surface area contributed by atoms with E-state index in [9.17, 15) is 19.1 Å². The van der Waals surface area contributed by atoms with Gasteiger partial charge in [-0.05, 0) is 24.5 Å². The van der Waals surface area contributed by atoms with E-state index < -0.39 is 23.8 Å². The van der Waals surface area contributed by atoms with E-state index in [1.54, 1.807) is 18.2 Å². The molecule has 6 heteroatoms. The molecule has 2 rings (SSSR count). The number of hydrogen-bond acceptors (Lipinski definition) is 3. The normalized spacial score (nSPS) is 22.2. The van der Waals surface area contributed by atoms with Crippen molar-refractivity contribution in [2.45, 2.75) is 18.9 Å². The lowest BCUT2D eigenvalue weighted by molar-refractivity contribution is -0.142. The van der Waals surface area contributed by atoms with Gasteiger partial charge in [0.25, 0.3) is 0 Å². The standard InChI is InChI=1S/C14H17FN2O3/c15-10-4-2-1-3-9(10)5-7-16-13(19)12-11(18)6-8-17-14(12)20/h1-4,11-12,18H,5-8H2,(H,16,19)(H,17,20). The lowest BCUT2D eigenvalue weighted by atomic mass is 9.94. The quantitative estimate of drug-likeness (QED) is 0.678. The van der Waals surface area contributed by atoms with Gasteiger partial charge in [-0.2, -0.15) is 0 Å². The van der Waals surface area contributed by atoms with Crippen LogP contribution in [0.4, 0.5) is 4.39 Å². The van der Waals surface area contributed by atoms with Crippen molar-refractivity contribution >= 4 is 11.8 Å². The first-order valence-corrected chi connectivity index (χ1v) is 6.56. The molecule has 20 heavy (non-hydrogen) atoms. The molecule has 108 valence electrons. The maximum Gasteiger partial charge on any atom is 0.235 e. The van der Waals surface area contributed by atoms with Gasteiger partial charge in [-0.15, -0.1) is 0 Å². The number of amides is 2. The number of aliphatic hydroxyl groups excluding tert-OH is 1. The van der Waals surface area contributed by atoms with Crippen molar-refractivity contribution in [1.82, 2.24) is 10.6 Å². The number of benzene rings is 1. The Morgan fingerprint density at radius 1 is 1.45 bits per heavy atom. The zero-order valence-corrected chi connectivity index (χ0v) is 10.9. The Morgan fingerprint density at radius 3 is 2.90 bits per heavy atom.